The van der Waals surface area contributed by atoms with Gasteiger partial charge in [-0.1, -0.05) is 95.5 Å². The quantitative estimate of drug-likeness (QED) is 0.143. The number of ether oxygens (including phenoxy) is 1. The van der Waals surface area contributed by atoms with E-state index in [0.29, 0.717) is 32.2 Å². The second-order valence-electron chi connectivity index (χ2n) is 9.62. The van der Waals surface area contributed by atoms with E-state index in [1.807, 2.05) is 78.9 Å². The molecule has 1 atom stereocenters. The highest BCUT2D eigenvalue weighted by Gasteiger charge is 2.23. The van der Waals surface area contributed by atoms with E-state index in [2.05, 4.69) is 10.6 Å². The molecule has 0 aliphatic carbocycles. The standard InChI is InChI=1S/C34H25Cl3N2O4/c35-23-14-17-30(38-24-15-16-28(36)29(37)20-24)27(19-23)33(40)39-31(34(41)42)18-21-10-12-22(13-11-21)26-8-4-5-9-32(26)43-25-6-2-1-3-7-25/h1-17,19-20,31,38H,18H2,(H,39,40)(H,41,42)/t31-/m0/s1. The summed E-state index contributed by atoms with van der Waals surface area (Å²) in [7, 11) is 0. The maximum absolute atomic E-state index is 13.3. The van der Waals surface area contributed by atoms with E-state index in [4.69, 9.17) is 39.5 Å². The molecule has 0 aliphatic rings. The van der Waals surface area contributed by atoms with Crippen molar-refractivity contribution < 1.29 is 19.4 Å². The summed E-state index contributed by atoms with van der Waals surface area (Å²) in [6.45, 7) is 0. The molecule has 6 nitrogen and oxygen atoms in total. The average Bonchev–Trinajstić information content (AvgIpc) is 3.00. The van der Waals surface area contributed by atoms with Crippen LogP contribution in [0.3, 0.4) is 0 Å². The van der Waals surface area contributed by atoms with Crippen LogP contribution in [0.4, 0.5) is 11.4 Å². The average molecular weight is 632 g/mol. The van der Waals surface area contributed by atoms with Gasteiger partial charge in [0.2, 0.25) is 0 Å². The molecule has 1 amide bonds. The number of benzene rings is 5. The van der Waals surface area contributed by atoms with Crippen LogP contribution >= 0.6 is 34.8 Å². The highest BCUT2D eigenvalue weighted by atomic mass is 35.5. The van der Waals surface area contributed by atoms with Crippen LogP contribution in [-0.2, 0) is 11.2 Å². The number of aliphatic carboxylic acids is 1. The van der Waals surface area contributed by atoms with Crippen molar-refractivity contribution in [2.75, 3.05) is 5.32 Å². The molecule has 3 N–H and O–H groups in total. The van der Waals surface area contributed by atoms with Gasteiger partial charge < -0.3 is 20.5 Å². The molecule has 0 saturated heterocycles. The lowest BCUT2D eigenvalue weighted by atomic mass is 9.99. The van der Waals surface area contributed by atoms with Crippen LogP contribution in [0.5, 0.6) is 11.5 Å². The van der Waals surface area contributed by atoms with Crippen molar-refractivity contribution in [3.05, 3.63) is 141 Å². The molecule has 5 aromatic carbocycles. The molecule has 0 spiro atoms. The Morgan fingerprint density at radius 2 is 1.49 bits per heavy atom. The van der Waals surface area contributed by atoms with Gasteiger partial charge in [0.15, 0.2) is 0 Å². The molecule has 43 heavy (non-hydrogen) atoms. The Labute approximate surface area is 263 Å². The normalized spacial score (nSPS) is 11.4. The molecular weight excluding hydrogens is 607 g/mol. The first-order valence-corrected chi connectivity index (χ1v) is 14.4. The Kier molecular flexibility index (Phi) is 9.52. The summed E-state index contributed by atoms with van der Waals surface area (Å²) < 4.78 is 6.09. The van der Waals surface area contributed by atoms with Crippen LogP contribution < -0.4 is 15.4 Å². The molecule has 0 saturated carbocycles. The number of carbonyl (C=O) groups excluding carboxylic acids is 1. The highest BCUT2D eigenvalue weighted by Crippen LogP contribution is 2.34. The van der Waals surface area contributed by atoms with Crippen molar-refractivity contribution in [3.63, 3.8) is 0 Å². The van der Waals surface area contributed by atoms with Gasteiger partial charge in [-0.3, -0.25) is 4.79 Å². The van der Waals surface area contributed by atoms with Crippen LogP contribution in [0.15, 0.2) is 115 Å². The predicted molar refractivity (Wildman–Crippen MR) is 172 cm³/mol. The minimum Gasteiger partial charge on any atom is -0.480 e. The Bertz CT molecular complexity index is 1760. The largest absolute Gasteiger partial charge is 0.480 e. The van der Waals surface area contributed by atoms with Crippen molar-refractivity contribution in [3.8, 4) is 22.6 Å². The summed E-state index contributed by atoms with van der Waals surface area (Å²) in [5, 5.41) is 16.8. The van der Waals surface area contributed by atoms with Gasteiger partial charge in [-0.05, 0) is 65.7 Å². The van der Waals surface area contributed by atoms with Gasteiger partial charge in [0.05, 0.1) is 21.3 Å². The molecule has 9 heteroatoms. The fourth-order valence-electron chi connectivity index (χ4n) is 4.44. The minimum absolute atomic E-state index is 0.0691. The van der Waals surface area contributed by atoms with Crippen LogP contribution in [0, 0.1) is 0 Å². The van der Waals surface area contributed by atoms with Crippen LogP contribution in [0.25, 0.3) is 11.1 Å². The van der Waals surface area contributed by atoms with E-state index >= 15 is 0 Å². The lowest BCUT2D eigenvalue weighted by molar-refractivity contribution is -0.139. The third kappa shape index (κ3) is 7.67. The molecule has 0 radical (unpaired) electrons. The van der Waals surface area contributed by atoms with Gasteiger partial charge in [-0.25, -0.2) is 4.79 Å². The number of carboxylic acids is 1. The molecule has 5 aromatic rings. The van der Waals surface area contributed by atoms with Crippen LogP contribution in [0.2, 0.25) is 15.1 Å². The zero-order valence-electron chi connectivity index (χ0n) is 22.6. The number of halogens is 3. The van der Waals surface area contributed by atoms with E-state index in [9.17, 15) is 14.7 Å². The number of hydrogen-bond acceptors (Lipinski definition) is 4. The van der Waals surface area contributed by atoms with E-state index in [1.54, 1.807) is 30.3 Å². The first kappa shape index (κ1) is 30.0. The molecule has 0 bridgehead atoms. The van der Waals surface area contributed by atoms with Gasteiger partial charge in [0.1, 0.15) is 17.5 Å². The third-order valence-corrected chi connectivity index (χ3v) is 7.57. The molecule has 0 fully saturated rings. The van der Waals surface area contributed by atoms with Gasteiger partial charge in [0.25, 0.3) is 5.91 Å². The fraction of sp³-hybridized carbons (Fsp3) is 0.0588. The van der Waals surface area contributed by atoms with Gasteiger partial charge in [0, 0.05) is 22.7 Å². The lowest BCUT2D eigenvalue weighted by Crippen LogP contribution is -2.42. The molecular formula is C34H25Cl3N2O4. The van der Waals surface area contributed by atoms with Gasteiger partial charge >= 0.3 is 5.97 Å². The number of rotatable bonds is 10. The molecule has 0 unspecified atom stereocenters. The minimum atomic E-state index is -1.19. The number of hydrogen-bond donors (Lipinski definition) is 3. The summed E-state index contributed by atoms with van der Waals surface area (Å²) >= 11 is 18.3. The molecule has 0 aromatic heterocycles. The Balaban J connectivity index is 1.32. The lowest BCUT2D eigenvalue weighted by Gasteiger charge is -2.18. The maximum Gasteiger partial charge on any atom is 0.326 e. The summed E-state index contributed by atoms with van der Waals surface area (Å²) in [6, 6.07) is 33.2. The number of carboxylic acid groups (broad SMARTS) is 1. The number of carbonyl (C=O) groups is 2. The zero-order valence-corrected chi connectivity index (χ0v) is 24.8. The van der Waals surface area contributed by atoms with Crippen molar-refractivity contribution in [2.24, 2.45) is 0 Å². The predicted octanol–water partition coefficient (Wildman–Crippen LogP) is 9.28. The maximum atomic E-state index is 13.3. The van der Waals surface area contributed by atoms with Crippen molar-refractivity contribution >= 4 is 58.1 Å². The van der Waals surface area contributed by atoms with E-state index in [-0.39, 0.29) is 12.0 Å². The summed E-state index contributed by atoms with van der Waals surface area (Å²) in [4.78, 5) is 25.5. The van der Waals surface area contributed by atoms with Crippen molar-refractivity contribution in [1.29, 1.82) is 0 Å². The van der Waals surface area contributed by atoms with E-state index in [0.717, 1.165) is 22.4 Å². The Morgan fingerprint density at radius 3 is 2.21 bits per heavy atom. The Hall–Kier alpha value is -4.49. The first-order chi connectivity index (χ1) is 20.8. The number of anilines is 2. The number of amides is 1. The van der Waals surface area contributed by atoms with Gasteiger partial charge in [-0.15, -0.1) is 0 Å². The summed E-state index contributed by atoms with van der Waals surface area (Å²) in [6.07, 6.45) is 0.0691. The molecule has 5 rings (SSSR count). The second kappa shape index (κ2) is 13.7. The number of para-hydroxylation sites is 2. The van der Waals surface area contributed by atoms with Crippen molar-refractivity contribution in [1.82, 2.24) is 5.32 Å². The van der Waals surface area contributed by atoms with Gasteiger partial charge in [-0.2, -0.15) is 0 Å². The second-order valence-corrected chi connectivity index (χ2v) is 10.9. The molecule has 216 valence electrons. The first-order valence-electron chi connectivity index (χ1n) is 13.2. The smallest absolute Gasteiger partial charge is 0.326 e. The summed E-state index contributed by atoms with van der Waals surface area (Å²) in [5.74, 6) is -0.341. The molecule has 0 heterocycles. The zero-order chi connectivity index (χ0) is 30.3. The third-order valence-electron chi connectivity index (χ3n) is 6.59. The van der Waals surface area contributed by atoms with Crippen LogP contribution in [-0.4, -0.2) is 23.0 Å². The van der Waals surface area contributed by atoms with Crippen molar-refractivity contribution in [2.45, 2.75) is 12.5 Å². The van der Waals surface area contributed by atoms with E-state index < -0.39 is 17.9 Å². The highest BCUT2D eigenvalue weighted by molar-refractivity contribution is 6.42. The Morgan fingerprint density at radius 1 is 0.767 bits per heavy atom. The summed E-state index contributed by atoms with van der Waals surface area (Å²) in [5.41, 5.74) is 3.72. The fourth-order valence-corrected chi connectivity index (χ4v) is 4.91. The van der Waals surface area contributed by atoms with Crippen LogP contribution in [0.1, 0.15) is 15.9 Å². The SMILES string of the molecule is O=C(N[C@@H](Cc1ccc(-c2ccccc2Oc2ccccc2)cc1)C(=O)O)c1cc(Cl)ccc1Nc1ccc(Cl)c(Cl)c1. The molecule has 0 aliphatic heterocycles. The topological polar surface area (TPSA) is 87.7 Å². The monoisotopic (exact) mass is 630 g/mol. The van der Waals surface area contributed by atoms with E-state index in [1.165, 1.54) is 6.07 Å². The number of nitrogens with one attached hydrogen (secondary N) is 2.